The number of nitrogens with one attached hydrogen (secondary N) is 1. The normalized spacial score (nSPS) is 24.6. The second kappa shape index (κ2) is 9.29. The Kier molecular flexibility index (Phi) is 6.80. The van der Waals surface area contributed by atoms with Gasteiger partial charge >= 0.3 is 6.61 Å². The van der Waals surface area contributed by atoms with Crippen molar-refractivity contribution < 1.29 is 13.5 Å². The van der Waals surface area contributed by atoms with Gasteiger partial charge in [0, 0.05) is 6.08 Å². The second-order valence-corrected chi connectivity index (χ2v) is 7.64. The molecule has 0 saturated heterocycles. The van der Waals surface area contributed by atoms with Crippen LogP contribution in [0.15, 0.2) is 28.9 Å². The summed E-state index contributed by atoms with van der Waals surface area (Å²) >= 11 is 0. The van der Waals surface area contributed by atoms with Crippen LogP contribution in [0.2, 0.25) is 0 Å². The van der Waals surface area contributed by atoms with Gasteiger partial charge in [-0.25, -0.2) is 0 Å². The van der Waals surface area contributed by atoms with E-state index >= 15 is 0 Å². The molecule has 2 aliphatic rings. The smallest absolute Gasteiger partial charge is 0.387 e. The number of halogens is 2. The topological polar surface area (TPSA) is 55.0 Å². The van der Waals surface area contributed by atoms with E-state index in [1.807, 2.05) is 0 Å². The first kappa shape index (κ1) is 19.8. The summed E-state index contributed by atoms with van der Waals surface area (Å²) in [5.41, 5.74) is 0.576. The van der Waals surface area contributed by atoms with Crippen molar-refractivity contribution in [3.8, 4) is 0 Å². The molecule has 0 aliphatic heterocycles. The number of ether oxygens (including phenoxy) is 1. The lowest BCUT2D eigenvalue weighted by Crippen LogP contribution is -2.16. The maximum absolute atomic E-state index is 12.4. The van der Waals surface area contributed by atoms with Crippen molar-refractivity contribution in [1.82, 2.24) is 9.97 Å². The van der Waals surface area contributed by atoms with Crippen LogP contribution in [0.5, 0.6) is 0 Å². The van der Waals surface area contributed by atoms with Gasteiger partial charge in [0.2, 0.25) is 0 Å². The van der Waals surface area contributed by atoms with E-state index in [0.717, 1.165) is 30.6 Å². The quantitative estimate of drug-likeness (QED) is 0.351. The summed E-state index contributed by atoms with van der Waals surface area (Å²) in [4.78, 5) is 19.1. The molecule has 6 heteroatoms. The number of aromatic amines is 1. The van der Waals surface area contributed by atoms with Crippen molar-refractivity contribution >= 4 is 6.08 Å². The van der Waals surface area contributed by atoms with E-state index in [-0.39, 0.29) is 11.3 Å². The van der Waals surface area contributed by atoms with Crippen molar-refractivity contribution in [2.24, 2.45) is 17.8 Å². The molecule has 27 heavy (non-hydrogen) atoms. The average molecular weight is 378 g/mol. The molecule has 2 fully saturated rings. The van der Waals surface area contributed by atoms with Crippen molar-refractivity contribution in [1.29, 1.82) is 0 Å². The molecule has 3 unspecified atom stereocenters. The Morgan fingerprint density at radius 3 is 2.85 bits per heavy atom. The molecule has 1 aromatic heterocycles. The van der Waals surface area contributed by atoms with E-state index in [1.54, 1.807) is 13.0 Å². The molecule has 0 spiro atoms. The summed E-state index contributed by atoms with van der Waals surface area (Å²) in [5.74, 6) is 2.99. The number of hydrogen-bond acceptors (Lipinski definition) is 3. The molecule has 1 N–H and O–H groups in total. The maximum atomic E-state index is 12.4. The van der Waals surface area contributed by atoms with Gasteiger partial charge in [-0.2, -0.15) is 8.78 Å². The van der Waals surface area contributed by atoms with Crippen LogP contribution in [0.4, 0.5) is 8.78 Å². The first-order valence-corrected chi connectivity index (χ1v) is 9.94. The number of H-pyrrole nitrogens is 1. The molecule has 2 aliphatic carbocycles. The van der Waals surface area contributed by atoms with Crippen molar-refractivity contribution in [3.63, 3.8) is 0 Å². The number of allylic oxidation sites excluding steroid dienone is 2. The largest absolute Gasteiger partial charge is 0.435 e. The highest BCUT2D eigenvalue weighted by Gasteiger charge is 2.47. The van der Waals surface area contributed by atoms with Crippen LogP contribution in [0.25, 0.3) is 6.08 Å². The summed E-state index contributed by atoms with van der Waals surface area (Å²) < 4.78 is 29.2. The number of unbranched alkanes of at least 4 members (excludes halogenated alkanes) is 2. The standard InChI is InChI=1S/C21H28F2N2O2/c1-2-6-17(27-21(22)23)12-16-13-24-19(20(26)25-16)8-5-3-4-7-14-9-10-15-11-18(14)15/h2,6,12-15,18,21H,3-5,7-11H2,1H3,(H,25,26)/b6-2-,17-12+. The van der Waals surface area contributed by atoms with Crippen LogP contribution < -0.4 is 5.56 Å². The predicted octanol–water partition coefficient (Wildman–Crippen LogP) is 5.08. The Bertz CT molecular complexity index is 742. The number of fused-ring (bicyclic) bond motifs is 1. The Hall–Kier alpha value is -1.98. The minimum atomic E-state index is -2.92. The molecule has 3 rings (SSSR count). The van der Waals surface area contributed by atoms with Gasteiger partial charge < -0.3 is 9.72 Å². The molecule has 2 saturated carbocycles. The van der Waals surface area contributed by atoms with Crippen LogP contribution >= 0.6 is 0 Å². The summed E-state index contributed by atoms with van der Waals surface area (Å²) in [6, 6.07) is 0. The molecule has 1 heterocycles. The molecule has 3 atom stereocenters. The first-order valence-electron chi connectivity index (χ1n) is 9.94. The van der Waals surface area contributed by atoms with Crippen LogP contribution in [0.1, 0.15) is 63.3 Å². The lowest BCUT2D eigenvalue weighted by Gasteiger charge is -2.10. The average Bonchev–Trinajstić information content (AvgIpc) is 3.29. The molecule has 0 radical (unpaired) electrons. The third kappa shape index (κ3) is 5.75. The summed E-state index contributed by atoms with van der Waals surface area (Å²) in [5, 5.41) is 0. The highest BCUT2D eigenvalue weighted by atomic mass is 19.3. The molecule has 148 valence electrons. The highest BCUT2D eigenvalue weighted by molar-refractivity contribution is 5.49. The van der Waals surface area contributed by atoms with Gasteiger partial charge in [0.05, 0.1) is 11.9 Å². The molecule has 4 nitrogen and oxygen atoms in total. The number of rotatable bonds is 10. The first-order chi connectivity index (χ1) is 13.1. The molecule has 0 bridgehead atoms. The van der Waals surface area contributed by atoms with Crippen molar-refractivity contribution in [2.75, 3.05) is 0 Å². The maximum Gasteiger partial charge on any atom is 0.387 e. The fourth-order valence-electron chi connectivity index (χ4n) is 4.29. The second-order valence-electron chi connectivity index (χ2n) is 7.64. The number of aromatic nitrogens is 2. The predicted molar refractivity (Wildman–Crippen MR) is 101 cm³/mol. The number of nitrogens with zero attached hydrogens (tertiary/aromatic N) is 1. The van der Waals surface area contributed by atoms with Crippen molar-refractivity contribution in [2.45, 2.75) is 64.9 Å². The summed E-state index contributed by atoms with van der Waals surface area (Å²) in [6.45, 7) is -1.22. The Balaban J connectivity index is 1.46. The van der Waals surface area contributed by atoms with E-state index in [0.29, 0.717) is 17.8 Å². The molecule has 0 aromatic carbocycles. The molecule has 1 aromatic rings. The number of aryl methyl sites for hydroxylation is 1. The van der Waals surface area contributed by atoms with Crippen LogP contribution in [0.3, 0.4) is 0 Å². The molecular formula is C21H28F2N2O2. The fraction of sp³-hybridized carbons (Fsp3) is 0.619. The van der Waals surface area contributed by atoms with E-state index in [4.69, 9.17) is 0 Å². The van der Waals surface area contributed by atoms with E-state index in [9.17, 15) is 13.6 Å². The monoisotopic (exact) mass is 378 g/mol. The Morgan fingerprint density at radius 1 is 1.37 bits per heavy atom. The third-order valence-corrected chi connectivity index (χ3v) is 5.71. The number of hydrogen-bond donors (Lipinski definition) is 1. The fourth-order valence-corrected chi connectivity index (χ4v) is 4.29. The minimum absolute atomic E-state index is 0.0254. The number of alkyl halides is 2. The van der Waals surface area contributed by atoms with Gasteiger partial charge in [-0.3, -0.25) is 9.78 Å². The minimum Gasteiger partial charge on any atom is -0.435 e. The zero-order valence-electron chi connectivity index (χ0n) is 15.8. The van der Waals surface area contributed by atoms with E-state index in [1.165, 1.54) is 50.5 Å². The van der Waals surface area contributed by atoms with Crippen LogP contribution in [-0.2, 0) is 11.2 Å². The van der Waals surface area contributed by atoms with Gasteiger partial charge in [0.15, 0.2) is 0 Å². The molecular weight excluding hydrogens is 350 g/mol. The lowest BCUT2D eigenvalue weighted by molar-refractivity contribution is -0.0910. The summed E-state index contributed by atoms with van der Waals surface area (Å²) in [6.07, 6.45) is 15.4. The zero-order chi connectivity index (χ0) is 19.2. The van der Waals surface area contributed by atoms with Gasteiger partial charge in [-0.05, 0) is 62.9 Å². The molecule has 0 amide bonds. The van der Waals surface area contributed by atoms with Crippen LogP contribution in [0, 0.1) is 17.8 Å². The van der Waals surface area contributed by atoms with E-state index < -0.39 is 6.61 Å². The van der Waals surface area contributed by atoms with Crippen molar-refractivity contribution in [3.05, 3.63) is 45.8 Å². The van der Waals surface area contributed by atoms with Gasteiger partial charge in [-0.15, -0.1) is 0 Å². The highest BCUT2D eigenvalue weighted by Crippen LogP contribution is 2.56. The van der Waals surface area contributed by atoms with Gasteiger partial charge in [0.1, 0.15) is 11.5 Å². The Labute approximate surface area is 158 Å². The van der Waals surface area contributed by atoms with Gasteiger partial charge in [-0.1, -0.05) is 25.3 Å². The SMILES string of the molecule is C/C=C\C(=C/c1cnc(CCCCCC2CCC3CC23)c(=O)[nH]1)OC(F)F. The van der Waals surface area contributed by atoms with Gasteiger partial charge in [0.25, 0.3) is 5.56 Å². The lowest BCUT2D eigenvalue weighted by atomic mass is 9.96. The van der Waals surface area contributed by atoms with Crippen LogP contribution in [-0.4, -0.2) is 16.6 Å². The third-order valence-electron chi connectivity index (χ3n) is 5.71. The van der Waals surface area contributed by atoms with E-state index in [2.05, 4.69) is 14.7 Å². The summed E-state index contributed by atoms with van der Waals surface area (Å²) in [7, 11) is 0. The Morgan fingerprint density at radius 2 is 2.22 bits per heavy atom. The zero-order valence-corrected chi connectivity index (χ0v) is 15.8.